The van der Waals surface area contributed by atoms with E-state index in [0.717, 1.165) is 6.42 Å². The van der Waals surface area contributed by atoms with Crippen LogP contribution in [-0.4, -0.2) is 35.6 Å². The lowest BCUT2D eigenvalue weighted by molar-refractivity contribution is 0.0829. The van der Waals surface area contributed by atoms with Crippen LogP contribution in [0.25, 0.3) is 0 Å². The van der Waals surface area contributed by atoms with Gasteiger partial charge in [0.1, 0.15) is 17.3 Å². The molecule has 0 saturated heterocycles. The minimum Gasteiger partial charge on any atom is -0.508 e. The fraction of sp³-hybridized carbons (Fsp3) is 0.200. The molecular formula is C25H24N4O6. The smallest absolute Gasteiger partial charge is 0.305 e. The summed E-state index contributed by atoms with van der Waals surface area (Å²) in [5, 5.41) is 13.6. The number of nitrogens with one attached hydrogen (secondary N) is 3. The quantitative estimate of drug-likeness (QED) is 0.417. The van der Waals surface area contributed by atoms with Crippen molar-refractivity contribution in [1.82, 2.24) is 16.3 Å². The Morgan fingerprint density at radius 1 is 0.914 bits per heavy atom. The topological polar surface area (TPSA) is 142 Å². The monoisotopic (exact) mass is 476 g/mol. The molecule has 0 atom stereocenters. The van der Waals surface area contributed by atoms with Crippen LogP contribution in [0.1, 0.15) is 61.0 Å². The van der Waals surface area contributed by atoms with Crippen LogP contribution in [0.2, 0.25) is 0 Å². The first kappa shape index (κ1) is 23.6. The molecule has 10 heteroatoms. The van der Waals surface area contributed by atoms with Gasteiger partial charge in [-0.15, -0.1) is 0 Å². The first-order valence-electron chi connectivity index (χ1n) is 10.9. The Morgan fingerprint density at radius 3 is 2.23 bits per heavy atom. The molecule has 0 aliphatic heterocycles. The first-order chi connectivity index (χ1) is 16.9. The van der Waals surface area contributed by atoms with Crippen molar-refractivity contribution in [3.05, 3.63) is 82.3 Å². The molecule has 0 saturated carbocycles. The summed E-state index contributed by atoms with van der Waals surface area (Å²) in [6, 6.07) is 12.2. The average molecular weight is 476 g/mol. The fourth-order valence-corrected chi connectivity index (χ4v) is 3.78. The van der Waals surface area contributed by atoms with E-state index in [-0.39, 0.29) is 11.5 Å². The van der Waals surface area contributed by atoms with E-state index in [4.69, 9.17) is 9.15 Å². The van der Waals surface area contributed by atoms with E-state index >= 15 is 0 Å². The van der Waals surface area contributed by atoms with E-state index in [1.165, 1.54) is 31.4 Å². The van der Waals surface area contributed by atoms with Crippen LogP contribution in [0.4, 0.5) is 0 Å². The number of carbonyl (C=O) groups excluding carboxylic acids is 3. The molecular weight excluding hydrogens is 452 g/mol. The number of aryl methyl sites for hydroxylation is 1. The standard InChI is InChI=1S/C25H24N4O6/c1-14-21-19(26-27-23(31)15-6-10-17(30)11-7-15)4-3-5-20(21)35-22(14)25(33)29-28-24(32)16-8-12-18(34-2)13-9-16/h6-13,30H,3-5H2,1-2H3,(H,27,31)(H,28,32)(H,29,33)/b26-19+. The Kier molecular flexibility index (Phi) is 6.81. The molecule has 1 aromatic heterocycles. The number of methoxy groups -OCH3 is 1. The van der Waals surface area contributed by atoms with E-state index < -0.39 is 17.7 Å². The molecule has 1 heterocycles. The number of aromatic hydroxyl groups is 1. The number of ether oxygens (including phenoxy) is 1. The molecule has 0 radical (unpaired) electrons. The number of hydrogen-bond acceptors (Lipinski definition) is 7. The third kappa shape index (κ3) is 5.16. The summed E-state index contributed by atoms with van der Waals surface area (Å²) in [7, 11) is 1.53. The van der Waals surface area contributed by atoms with Crippen molar-refractivity contribution in [2.45, 2.75) is 26.2 Å². The number of hydrazine groups is 1. The number of phenolic OH excluding ortho intramolecular Hbond substituents is 1. The molecule has 1 aliphatic rings. The molecule has 0 bridgehead atoms. The molecule has 0 unspecified atom stereocenters. The zero-order chi connectivity index (χ0) is 24.9. The first-order valence-corrected chi connectivity index (χ1v) is 10.9. The van der Waals surface area contributed by atoms with E-state index in [2.05, 4.69) is 21.4 Å². The summed E-state index contributed by atoms with van der Waals surface area (Å²) in [6.45, 7) is 1.73. The second-order valence-corrected chi connectivity index (χ2v) is 7.89. The molecule has 0 spiro atoms. The van der Waals surface area contributed by atoms with Crippen LogP contribution in [0.15, 0.2) is 58.0 Å². The van der Waals surface area contributed by atoms with Gasteiger partial charge < -0.3 is 14.3 Å². The molecule has 180 valence electrons. The lowest BCUT2D eigenvalue weighted by Gasteiger charge is -2.13. The van der Waals surface area contributed by atoms with Gasteiger partial charge in [0.05, 0.1) is 12.8 Å². The number of carbonyl (C=O) groups is 3. The third-order valence-corrected chi connectivity index (χ3v) is 5.60. The van der Waals surface area contributed by atoms with Crippen LogP contribution in [0.3, 0.4) is 0 Å². The molecule has 3 aromatic rings. The Bertz CT molecular complexity index is 1290. The summed E-state index contributed by atoms with van der Waals surface area (Å²) in [4.78, 5) is 37.4. The summed E-state index contributed by atoms with van der Waals surface area (Å²) in [5.41, 5.74) is 9.80. The lowest BCUT2D eigenvalue weighted by Crippen LogP contribution is -2.41. The van der Waals surface area contributed by atoms with Gasteiger partial charge in [0.25, 0.3) is 11.8 Å². The number of fused-ring (bicyclic) bond motifs is 1. The summed E-state index contributed by atoms with van der Waals surface area (Å²) in [5.74, 6) is -0.197. The van der Waals surface area contributed by atoms with Crippen LogP contribution in [0, 0.1) is 6.92 Å². The third-order valence-electron chi connectivity index (χ3n) is 5.60. The van der Waals surface area contributed by atoms with E-state index in [9.17, 15) is 19.5 Å². The van der Waals surface area contributed by atoms with Gasteiger partial charge in [-0.2, -0.15) is 5.10 Å². The summed E-state index contributed by atoms with van der Waals surface area (Å²) >= 11 is 0. The maximum atomic E-state index is 12.7. The largest absolute Gasteiger partial charge is 0.508 e. The summed E-state index contributed by atoms with van der Waals surface area (Å²) in [6.07, 6.45) is 1.95. The highest BCUT2D eigenvalue weighted by atomic mass is 16.5. The van der Waals surface area contributed by atoms with Crippen LogP contribution in [0.5, 0.6) is 11.5 Å². The van der Waals surface area contributed by atoms with E-state index in [1.807, 2.05) is 0 Å². The zero-order valence-electron chi connectivity index (χ0n) is 19.2. The Morgan fingerprint density at radius 2 is 1.54 bits per heavy atom. The number of hydrogen-bond donors (Lipinski definition) is 4. The number of benzene rings is 2. The van der Waals surface area contributed by atoms with Gasteiger partial charge in [0.2, 0.25) is 0 Å². The molecule has 0 fully saturated rings. The number of hydrazone groups is 1. The SMILES string of the molecule is COc1ccc(C(=O)NNC(=O)c2oc3c(c2C)/C(=N/NC(=O)c2ccc(O)cc2)CCC3)cc1. The maximum Gasteiger partial charge on any atom is 0.305 e. The van der Waals surface area contributed by atoms with Gasteiger partial charge in [-0.05, 0) is 68.3 Å². The number of amides is 3. The van der Waals surface area contributed by atoms with Crippen LogP contribution >= 0.6 is 0 Å². The molecule has 4 N–H and O–H groups in total. The number of furan rings is 1. The minimum atomic E-state index is -0.605. The summed E-state index contributed by atoms with van der Waals surface area (Å²) < 4.78 is 10.9. The highest BCUT2D eigenvalue weighted by Gasteiger charge is 2.28. The second kappa shape index (κ2) is 10.1. The van der Waals surface area contributed by atoms with Gasteiger partial charge in [0, 0.05) is 28.7 Å². The van der Waals surface area contributed by atoms with Crippen molar-refractivity contribution in [3.63, 3.8) is 0 Å². The van der Waals surface area contributed by atoms with Crippen LogP contribution < -0.4 is 21.0 Å². The van der Waals surface area contributed by atoms with Gasteiger partial charge in [-0.3, -0.25) is 25.2 Å². The predicted octanol–water partition coefficient (Wildman–Crippen LogP) is 2.85. The van der Waals surface area contributed by atoms with Crippen molar-refractivity contribution in [2.24, 2.45) is 5.10 Å². The molecule has 2 aromatic carbocycles. The minimum absolute atomic E-state index is 0.0597. The lowest BCUT2D eigenvalue weighted by atomic mass is 9.93. The highest BCUT2D eigenvalue weighted by molar-refractivity contribution is 6.07. The van der Waals surface area contributed by atoms with Gasteiger partial charge in [-0.1, -0.05) is 0 Å². The predicted molar refractivity (Wildman–Crippen MR) is 126 cm³/mol. The Labute approximate surface area is 200 Å². The molecule has 1 aliphatic carbocycles. The van der Waals surface area contributed by atoms with Gasteiger partial charge in [-0.25, -0.2) is 5.43 Å². The van der Waals surface area contributed by atoms with E-state index in [1.54, 1.807) is 31.2 Å². The Hall–Kier alpha value is -4.60. The molecule has 35 heavy (non-hydrogen) atoms. The maximum absolute atomic E-state index is 12.7. The van der Waals surface area contributed by atoms with Crippen molar-refractivity contribution in [1.29, 1.82) is 0 Å². The number of rotatable bonds is 5. The van der Waals surface area contributed by atoms with Gasteiger partial charge >= 0.3 is 5.91 Å². The molecule has 4 rings (SSSR count). The average Bonchev–Trinajstić information content (AvgIpc) is 3.23. The van der Waals surface area contributed by atoms with Crippen molar-refractivity contribution >= 4 is 23.4 Å². The highest BCUT2D eigenvalue weighted by Crippen LogP contribution is 2.29. The molecule has 10 nitrogen and oxygen atoms in total. The van der Waals surface area contributed by atoms with Crippen molar-refractivity contribution in [3.8, 4) is 11.5 Å². The molecule has 3 amide bonds. The van der Waals surface area contributed by atoms with E-state index in [0.29, 0.717) is 52.3 Å². The van der Waals surface area contributed by atoms with Crippen molar-refractivity contribution in [2.75, 3.05) is 7.11 Å². The zero-order valence-corrected chi connectivity index (χ0v) is 19.2. The normalized spacial score (nSPS) is 13.6. The Balaban J connectivity index is 1.45. The fourth-order valence-electron chi connectivity index (χ4n) is 3.78. The van der Waals surface area contributed by atoms with Gasteiger partial charge in [0.15, 0.2) is 5.76 Å². The number of phenols is 1. The van der Waals surface area contributed by atoms with Crippen molar-refractivity contribution < 1.29 is 28.6 Å². The van der Waals surface area contributed by atoms with Crippen LogP contribution in [-0.2, 0) is 6.42 Å². The number of nitrogens with zero attached hydrogens (tertiary/aromatic N) is 1. The second-order valence-electron chi connectivity index (χ2n) is 7.89.